The largest absolute Gasteiger partial charge is 0.493 e. The van der Waals surface area contributed by atoms with Gasteiger partial charge in [-0.25, -0.2) is 12.7 Å². The lowest BCUT2D eigenvalue weighted by Crippen LogP contribution is -2.50. The number of ether oxygens (including phenoxy) is 3. The molecule has 1 aromatic rings. The molecular weight excluding hydrogens is 354 g/mol. The smallest absolute Gasteiger partial charge is 0.216 e. The summed E-state index contributed by atoms with van der Waals surface area (Å²) in [5.41, 5.74) is 1.88. The molecule has 146 valence electrons. The van der Waals surface area contributed by atoms with E-state index < -0.39 is 15.6 Å². The number of hydrogen-bond acceptors (Lipinski definition) is 5. The zero-order valence-corrected chi connectivity index (χ0v) is 16.9. The van der Waals surface area contributed by atoms with E-state index in [-0.39, 0.29) is 5.25 Å². The Morgan fingerprint density at radius 1 is 1.19 bits per heavy atom. The summed E-state index contributed by atoms with van der Waals surface area (Å²) in [5.74, 6) is 1.41. The molecule has 0 saturated carbocycles. The molecule has 2 aliphatic rings. The summed E-state index contributed by atoms with van der Waals surface area (Å²) in [6.07, 6.45) is 2.77. The molecule has 1 unspecified atom stereocenters. The summed E-state index contributed by atoms with van der Waals surface area (Å²) in [5, 5.41) is -0.347. The first-order valence-electron chi connectivity index (χ1n) is 9.26. The van der Waals surface area contributed by atoms with Crippen LogP contribution in [0.4, 0.5) is 0 Å². The molecule has 0 radical (unpaired) electrons. The van der Waals surface area contributed by atoms with E-state index in [4.69, 9.17) is 14.2 Å². The molecule has 0 aromatic heterocycles. The summed E-state index contributed by atoms with van der Waals surface area (Å²) < 4.78 is 44.1. The quantitative estimate of drug-likeness (QED) is 0.782. The standard InChI is InChI=1S/C19H29NO5S/c1-5-14(2)26(21,22)20-9-7-19(8-10-20)16-13-18(24-4)17(23-3)12-15(16)6-11-25-19/h12-14H,5-11H2,1-4H3. The Morgan fingerprint density at radius 3 is 2.38 bits per heavy atom. The first-order valence-corrected chi connectivity index (χ1v) is 10.8. The fourth-order valence-corrected chi connectivity index (χ4v) is 5.59. The summed E-state index contributed by atoms with van der Waals surface area (Å²) >= 11 is 0. The highest BCUT2D eigenvalue weighted by molar-refractivity contribution is 7.89. The number of sulfonamides is 1. The second-order valence-corrected chi connectivity index (χ2v) is 9.47. The fraction of sp³-hybridized carbons (Fsp3) is 0.684. The molecule has 26 heavy (non-hydrogen) atoms. The average molecular weight is 384 g/mol. The van der Waals surface area contributed by atoms with Gasteiger partial charge in [0.1, 0.15) is 0 Å². The van der Waals surface area contributed by atoms with Crippen LogP contribution in [-0.2, 0) is 26.8 Å². The van der Waals surface area contributed by atoms with E-state index in [2.05, 4.69) is 0 Å². The molecule has 2 heterocycles. The molecule has 0 aliphatic carbocycles. The first-order chi connectivity index (χ1) is 12.4. The number of nitrogens with zero attached hydrogens (tertiary/aromatic N) is 1. The van der Waals surface area contributed by atoms with E-state index in [1.807, 2.05) is 19.1 Å². The highest BCUT2D eigenvalue weighted by atomic mass is 32.2. The van der Waals surface area contributed by atoms with Gasteiger partial charge < -0.3 is 14.2 Å². The molecule has 1 spiro atoms. The molecule has 0 bridgehead atoms. The summed E-state index contributed by atoms with van der Waals surface area (Å²) in [4.78, 5) is 0. The van der Waals surface area contributed by atoms with Gasteiger partial charge in [0.15, 0.2) is 11.5 Å². The summed E-state index contributed by atoms with van der Waals surface area (Å²) in [6.45, 7) is 5.30. The zero-order valence-electron chi connectivity index (χ0n) is 16.1. The van der Waals surface area contributed by atoms with Gasteiger partial charge in [-0.05, 0) is 55.9 Å². The Bertz CT molecular complexity index is 753. The maximum atomic E-state index is 12.7. The van der Waals surface area contributed by atoms with Gasteiger partial charge >= 0.3 is 0 Å². The van der Waals surface area contributed by atoms with E-state index in [1.54, 1.807) is 25.4 Å². The lowest BCUT2D eigenvalue weighted by Gasteiger charge is -2.45. The highest BCUT2D eigenvalue weighted by Gasteiger charge is 2.44. The van der Waals surface area contributed by atoms with Crippen LogP contribution in [0.2, 0.25) is 0 Å². The molecule has 1 saturated heterocycles. The van der Waals surface area contributed by atoms with Crippen molar-refractivity contribution in [3.63, 3.8) is 0 Å². The van der Waals surface area contributed by atoms with E-state index in [1.165, 1.54) is 5.56 Å². The zero-order chi connectivity index (χ0) is 18.9. The molecule has 1 aromatic carbocycles. The fourth-order valence-electron chi connectivity index (χ4n) is 3.97. The predicted octanol–water partition coefficient (Wildman–Crippen LogP) is 2.70. The van der Waals surface area contributed by atoms with Crippen LogP contribution in [-0.4, -0.2) is 51.9 Å². The molecule has 0 amide bonds. The van der Waals surface area contributed by atoms with Crippen LogP contribution in [0.5, 0.6) is 11.5 Å². The molecular formula is C19H29NO5S. The molecule has 1 fully saturated rings. The minimum atomic E-state index is -3.24. The Labute approximate surface area is 156 Å². The van der Waals surface area contributed by atoms with E-state index in [0.29, 0.717) is 44.7 Å². The number of benzene rings is 1. The third-order valence-corrected chi connectivity index (χ3v) is 8.26. The topological polar surface area (TPSA) is 65.1 Å². The number of piperidine rings is 1. The highest BCUT2D eigenvalue weighted by Crippen LogP contribution is 2.45. The first kappa shape index (κ1) is 19.5. The predicted molar refractivity (Wildman–Crippen MR) is 100 cm³/mol. The normalized spacial score (nSPS) is 21.2. The van der Waals surface area contributed by atoms with Crippen molar-refractivity contribution < 1.29 is 22.6 Å². The SMILES string of the molecule is CCC(C)S(=O)(=O)N1CCC2(CC1)OCCc1cc(OC)c(OC)cc12. The van der Waals surface area contributed by atoms with Gasteiger partial charge in [0, 0.05) is 13.1 Å². The van der Waals surface area contributed by atoms with Crippen molar-refractivity contribution in [3.05, 3.63) is 23.3 Å². The van der Waals surface area contributed by atoms with Crippen molar-refractivity contribution in [1.82, 2.24) is 4.31 Å². The van der Waals surface area contributed by atoms with Crippen molar-refractivity contribution in [2.24, 2.45) is 0 Å². The van der Waals surface area contributed by atoms with Crippen LogP contribution >= 0.6 is 0 Å². The third kappa shape index (κ3) is 3.21. The second-order valence-electron chi connectivity index (χ2n) is 7.12. The van der Waals surface area contributed by atoms with Gasteiger partial charge in [0.05, 0.1) is 31.7 Å². The van der Waals surface area contributed by atoms with Crippen molar-refractivity contribution in [2.45, 2.75) is 50.4 Å². The Balaban J connectivity index is 1.89. The van der Waals surface area contributed by atoms with Gasteiger partial charge in [-0.3, -0.25) is 0 Å². The van der Waals surface area contributed by atoms with Crippen LogP contribution in [0, 0.1) is 0 Å². The number of hydrogen-bond donors (Lipinski definition) is 0. The number of methoxy groups -OCH3 is 2. The van der Waals surface area contributed by atoms with Crippen molar-refractivity contribution in [1.29, 1.82) is 0 Å². The summed E-state index contributed by atoms with van der Waals surface area (Å²) in [6, 6.07) is 4.03. The van der Waals surface area contributed by atoms with Gasteiger partial charge in [0.25, 0.3) is 0 Å². The molecule has 0 N–H and O–H groups in total. The average Bonchev–Trinajstić information content (AvgIpc) is 2.67. The molecule has 7 heteroatoms. The maximum Gasteiger partial charge on any atom is 0.216 e. The molecule has 3 rings (SSSR count). The van der Waals surface area contributed by atoms with Crippen molar-refractivity contribution in [2.75, 3.05) is 33.9 Å². The minimum absolute atomic E-state index is 0.347. The van der Waals surface area contributed by atoms with Crippen LogP contribution in [0.3, 0.4) is 0 Å². The van der Waals surface area contributed by atoms with Gasteiger partial charge in [0.2, 0.25) is 10.0 Å². The second kappa shape index (κ2) is 7.37. The molecule has 1 atom stereocenters. The van der Waals surface area contributed by atoms with Crippen LogP contribution in [0.1, 0.15) is 44.2 Å². The minimum Gasteiger partial charge on any atom is -0.493 e. The maximum absolute atomic E-state index is 12.7. The van der Waals surface area contributed by atoms with Crippen molar-refractivity contribution in [3.8, 4) is 11.5 Å². The number of rotatable bonds is 5. The van der Waals surface area contributed by atoms with E-state index >= 15 is 0 Å². The van der Waals surface area contributed by atoms with Crippen molar-refractivity contribution >= 4 is 10.0 Å². The Kier molecular flexibility index (Phi) is 5.51. The summed E-state index contributed by atoms with van der Waals surface area (Å²) in [7, 11) is 0.0282. The van der Waals surface area contributed by atoms with Crippen LogP contribution < -0.4 is 9.47 Å². The Hall–Kier alpha value is -1.31. The molecule has 2 aliphatic heterocycles. The van der Waals surface area contributed by atoms with Gasteiger partial charge in [-0.15, -0.1) is 0 Å². The molecule has 6 nitrogen and oxygen atoms in total. The Morgan fingerprint density at radius 2 is 1.81 bits per heavy atom. The number of fused-ring (bicyclic) bond motifs is 2. The van der Waals surface area contributed by atoms with Gasteiger partial charge in [-0.2, -0.15) is 0 Å². The lowest BCUT2D eigenvalue weighted by atomic mass is 9.79. The van der Waals surface area contributed by atoms with E-state index in [0.717, 1.165) is 17.7 Å². The van der Waals surface area contributed by atoms with E-state index in [9.17, 15) is 8.42 Å². The lowest BCUT2D eigenvalue weighted by molar-refractivity contribution is -0.0894. The van der Waals surface area contributed by atoms with Gasteiger partial charge in [-0.1, -0.05) is 6.92 Å². The van der Waals surface area contributed by atoms with Crippen LogP contribution in [0.25, 0.3) is 0 Å². The monoisotopic (exact) mass is 383 g/mol. The van der Waals surface area contributed by atoms with Crippen LogP contribution in [0.15, 0.2) is 12.1 Å². The third-order valence-electron chi connectivity index (χ3n) is 5.82.